The van der Waals surface area contributed by atoms with Crippen LogP contribution in [-0.4, -0.2) is 75.5 Å². The van der Waals surface area contributed by atoms with Crippen molar-refractivity contribution < 1.29 is 23.1 Å². The van der Waals surface area contributed by atoms with E-state index in [1.807, 2.05) is 54.2 Å². The number of anilines is 1. The summed E-state index contributed by atoms with van der Waals surface area (Å²) in [5, 5.41) is 9.85. The van der Waals surface area contributed by atoms with Gasteiger partial charge in [-0.15, -0.1) is 0 Å². The van der Waals surface area contributed by atoms with Crippen molar-refractivity contribution in [2.24, 2.45) is 0 Å². The third-order valence-electron chi connectivity index (χ3n) is 5.77. The van der Waals surface area contributed by atoms with Gasteiger partial charge in [0.1, 0.15) is 11.5 Å². The van der Waals surface area contributed by atoms with Crippen LogP contribution in [-0.2, 0) is 16.6 Å². The summed E-state index contributed by atoms with van der Waals surface area (Å²) in [6, 6.07) is 12.3. The van der Waals surface area contributed by atoms with Gasteiger partial charge in [0.2, 0.25) is 10.0 Å². The van der Waals surface area contributed by atoms with E-state index in [4.69, 9.17) is 4.74 Å². The van der Waals surface area contributed by atoms with Crippen molar-refractivity contribution in [3.05, 3.63) is 53.6 Å². The Balaban J connectivity index is 2.75. The molecule has 35 heavy (non-hydrogen) atoms. The third kappa shape index (κ3) is 7.68. The minimum atomic E-state index is -3.99. The lowest BCUT2D eigenvalue weighted by atomic mass is 10.1. The van der Waals surface area contributed by atoms with Crippen LogP contribution in [0.3, 0.4) is 0 Å². The predicted molar refractivity (Wildman–Crippen MR) is 140 cm³/mol. The number of likely N-dealkylation sites (N-methyl/N-ethyl adjacent to an activating group) is 1. The first kappa shape index (κ1) is 28.6. The van der Waals surface area contributed by atoms with E-state index >= 15 is 0 Å². The molecule has 0 aliphatic heterocycles. The number of sulfonamides is 1. The second-order valence-corrected chi connectivity index (χ2v) is 10.5. The fraction of sp³-hybridized carbons (Fsp3) is 0.500. The van der Waals surface area contributed by atoms with Gasteiger partial charge < -0.3 is 19.6 Å². The maximum Gasteiger partial charge on any atom is 0.335 e. The Morgan fingerprint density at radius 2 is 1.63 bits per heavy atom. The van der Waals surface area contributed by atoms with Crippen molar-refractivity contribution in [2.75, 3.05) is 51.7 Å². The zero-order valence-electron chi connectivity index (χ0n) is 21.5. The second kappa shape index (κ2) is 13.5. The largest absolute Gasteiger partial charge is 0.485 e. The van der Waals surface area contributed by atoms with Crippen molar-refractivity contribution in [1.82, 2.24) is 9.21 Å². The Kier molecular flexibility index (Phi) is 11.0. The number of carbonyl (C=O) groups is 1. The molecule has 0 fully saturated rings. The molecule has 0 atom stereocenters. The molecule has 8 nitrogen and oxygen atoms in total. The molecular weight excluding hydrogens is 466 g/mol. The molecule has 0 saturated heterocycles. The SMILES string of the molecule is CCCCN(CCN(C)C)c1cc(C(=O)O)cc(S(=O)(=O)N(CC)CC)c1OCc1ccccc1. The maximum absolute atomic E-state index is 13.7. The van der Waals surface area contributed by atoms with Gasteiger partial charge in [0.05, 0.1) is 11.3 Å². The Morgan fingerprint density at radius 3 is 2.17 bits per heavy atom. The average molecular weight is 506 g/mol. The van der Waals surface area contributed by atoms with Gasteiger partial charge in [-0.25, -0.2) is 13.2 Å². The van der Waals surface area contributed by atoms with Crippen molar-refractivity contribution >= 4 is 21.7 Å². The molecule has 2 aromatic rings. The van der Waals surface area contributed by atoms with E-state index < -0.39 is 16.0 Å². The van der Waals surface area contributed by atoms with Crippen molar-refractivity contribution in [3.63, 3.8) is 0 Å². The monoisotopic (exact) mass is 505 g/mol. The molecule has 1 N–H and O–H groups in total. The number of unbranched alkanes of at least 4 members (excludes halogenated alkanes) is 1. The van der Waals surface area contributed by atoms with E-state index in [1.165, 1.54) is 16.4 Å². The van der Waals surface area contributed by atoms with Crippen molar-refractivity contribution in [3.8, 4) is 5.75 Å². The van der Waals surface area contributed by atoms with Gasteiger partial charge in [0, 0.05) is 32.7 Å². The smallest absolute Gasteiger partial charge is 0.335 e. The second-order valence-electron chi connectivity index (χ2n) is 8.64. The number of ether oxygens (including phenoxy) is 1. The summed E-state index contributed by atoms with van der Waals surface area (Å²) in [7, 11) is -0.0581. The molecule has 9 heteroatoms. The average Bonchev–Trinajstić information content (AvgIpc) is 2.83. The number of rotatable bonds is 15. The lowest BCUT2D eigenvalue weighted by Crippen LogP contribution is -2.34. The minimum absolute atomic E-state index is 0.0795. The highest BCUT2D eigenvalue weighted by Gasteiger charge is 2.31. The van der Waals surface area contributed by atoms with Crippen LogP contribution >= 0.6 is 0 Å². The van der Waals surface area contributed by atoms with Gasteiger partial charge in [-0.1, -0.05) is 57.5 Å². The number of hydrogen-bond donors (Lipinski definition) is 1. The Labute approximate surface area is 210 Å². The predicted octanol–water partition coefficient (Wildman–Crippen LogP) is 4.16. The molecule has 0 aliphatic rings. The van der Waals surface area contributed by atoms with Crippen LogP contribution in [0.4, 0.5) is 5.69 Å². The van der Waals surface area contributed by atoms with Gasteiger partial charge >= 0.3 is 5.97 Å². The van der Waals surface area contributed by atoms with Crippen LogP contribution in [0.5, 0.6) is 5.75 Å². The van der Waals surface area contributed by atoms with Gasteiger partial charge in [0.15, 0.2) is 5.75 Å². The molecule has 0 aromatic heterocycles. The number of hydrogen-bond acceptors (Lipinski definition) is 6. The summed E-state index contributed by atoms with van der Waals surface area (Å²) < 4.78 is 34.9. The Morgan fingerprint density at radius 1 is 0.971 bits per heavy atom. The van der Waals surface area contributed by atoms with Crippen LogP contribution in [0.15, 0.2) is 47.4 Å². The number of carboxylic acid groups (broad SMARTS) is 1. The summed E-state index contributed by atoms with van der Waals surface area (Å²) in [6.07, 6.45) is 1.82. The standard InChI is InChI=1S/C26H39N3O5S/c1-6-9-15-28(17-16-27(4)5)23-18-22(26(30)31)19-24(35(32,33)29(7-2)8-3)25(23)34-20-21-13-11-10-12-14-21/h10-14,18-19H,6-9,15-17,20H2,1-5H3,(H,30,31). The van der Waals surface area contributed by atoms with E-state index in [0.29, 0.717) is 18.8 Å². The van der Waals surface area contributed by atoms with Gasteiger partial charge in [-0.3, -0.25) is 0 Å². The first-order valence-corrected chi connectivity index (χ1v) is 13.6. The zero-order valence-corrected chi connectivity index (χ0v) is 22.3. The van der Waals surface area contributed by atoms with E-state index in [0.717, 1.165) is 24.9 Å². The summed E-state index contributed by atoms with van der Waals surface area (Å²) >= 11 is 0. The molecule has 0 unspecified atom stereocenters. The van der Waals surface area contributed by atoms with Gasteiger partial charge in [-0.05, 0) is 38.2 Å². The zero-order chi connectivity index (χ0) is 26.0. The molecule has 0 bridgehead atoms. The molecular formula is C26H39N3O5S. The molecule has 0 saturated carbocycles. The highest BCUT2D eigenvalue weighted by molar-refractivity contribution is 7.89. The highest BCUT2D eigenvalue weighted by Crippen LogP contribution is 2.39. The first-order valence-electron chi connectivity index (χ1n) is 12.1. The molecule has 194 valence electrons. The fourth-order valence-corrected chi connectivity index (χ4v) is 5.37. The lowest BCUT2D eigenvalue weighted by molar-refractivity contribution is 0.0696. The highest BCUT2D eigenvalue weighted by atomic mass is 32.2. The van der Waals surface area contributed by atoms with E-state index in [1.54, 1.807) is 13.8 Å². The fourth-order valence-electron chi connectivity index (χ4n) is 3.74. The summed E-state index contributed by atoms with van der Waals surface area (Å²) in [4.78, 5) is 16.0. The minimum Gasteiger partial charge on any atom is -0.485 e. The van der Waals surface area contributed by atoms with E-state index in [9.17, 15) is 18.3 Å². The molecule has 0 radical (unpaired) electrons. The number of nitrogens with zero attached hydrogens (tertiary/aromatic N) is 3. The van der Waals surface area contributed by atoms with E-state index in [2.05, 4.69) is 6.92 Å². The molecule has 0 spiro atoms. The molecule has 0 amide bonds. The number of aromatic carboxylic acids is 1. The van der Waals surface area contributed by atoms with Crippen LogP contribution < -0.4 is 9.64 Å². The maximum atomic E-state index is 13.7. The van der Waals surface area contributed by atoms with Crippen LogP contribution in [0.2, 0.25) is 0 Å². The van der Waals surface area contributed by atoms with Crippen LogP contribution in [0.25, 0.3) is 0 Å². The Hall–Kier alpha value is -2.62. The summed E-state index contributed by atoms with van der Waals surface area (Å²) in [5.74, 6) is -0.986. The molecule has 0 aliphatic carbocycles. The summed E-state index contributed by atoms with van der Waals surface area (Å²) in [6.45, 7) is 8.28. The van der Waals surface area contributed by atoms with Gasteiger partial charge in [0.25, 0.3) is 0 Å². The van der Waals surface area contributed by atoms with E-state index in [-0.39, 0.29) is 35.9 Å². The quantitative estimate of drug-likeness (QED) is 0.389. The van der Waals surface area contributed by atoms with Gasteiger partial charge in [-0.2, -0.15) is 4.31 Å². The molecule has 2 aromatic carbocycles. The van der Waals surface area contributed by atoms with Crippen LogP contribution in [0.1, 0.15) is 49.5 Å². The van der Waals surface area contributed by atoms with Crippen molar-refractivity contribution in [1.29, 1.82) is 0 Å². The number of benzene rings is 2. The topological polar surface area (TPSA) is 90.4 Å². The number of carboxylic acids is 1. The first-order chi connectivity index (χ1) is 16.6. The lowest BCUT2D eigenvalue weighted by Gasteiger charge is -2.30. The van der Waals surface area contributed by atoms with Crippen molar-refractivity contribution in [2.45, 2.75) is 45.1 Å². The summed E-state index contributed by atoms with van der Waals surface area (Å²) in [5.41, 5.74) is 1.30. The van der Waals surface area contributed by atoms with Crippen LogP contribution in [0, 0.1) is 0 Å². The normalized spacial score (nSPS) is 11.7. The molecule has 0 heterocycles. The molecule has 2 rings (SSSR count). The Bertz CT molecular complexity index is 1050. The third-order valence-corrected chi connectivity index (χ3v) is 7.83.